The fourth-order valence-corrected chi connectivity index (χ4v) is 2.04. The number of urea groups is 1. The summed E-state index contributed by atoms with van der Waals surface area (Å²) in [7, 11) is 0. The van der Waals surface area contributed by atoms with Crippen LogP contribution in [0.5, 0.6) is 0 Å². The van der Waals surface area contributed by atoms with Gasteiger partial charge in [0, 0.05) is 11.3 Å². The van der Waals surface area contributed by atoms with Crippen LogP contribution in [0.1, 0.15) is 16.8 Å². The van der Waals surface area contributed by atoms with Gasteiger partial charge in [0.25, 0.3) is 0 Å². The molecule has 1 rings (SSSR count). The number of amides is 3. The lowest BCUT2D eigenvalue weighted by Gasteiger charge is -2.14. The van der Waals surface area contributed by atoms with E-state index in [2.05, 4.69) is 10.6 Å². The standard InChI is InChI=1S/C13H17N3O4S/c1-21-6-5-10(12(18)19)16-13(20)15-9-4-2-3-8(7-9)11(14)17/h2-4,7,10H,5-6H2,1H3,(H2,14,17)(H,18,19)(H2,15,16,20)/t10-/m0/s1. The first-order valence-corrected chi connectivity index (χ1v) is 7.52. The Kier molecular flexibility index (Phi) is 6.54. The van der Waals surface area contributed by atoms with Crippen molar-refractivity contribution in [1.29, 1.82) is 0 Å². The molecule has 0 aliphatic carbocycles. The molecular weight excluding hydrogens is 294 g/mol. The molecule has 0 spiro atoms. The number of carboxylic acid groups (broad SMARTS) is 1. The zero-order valence-electron chi connectivity index (χ0n) is 11.5. The van der Waals surface area contributed by atoms with E-state index in [0.29, 0.717) is 17.9 Å². The van der Waals surface area contributed by atoms with E-state index in [1.165, 1.54) is 23.9 Å². The number of carbonyl (C=O) groups is 3. The predicted octanol–water partition coefficient (Wildman–Crippen LogP) is 1.11. The van der Waals surface area contributed by atoms with Crippen molar-refractivity contribution in [3.63, 3.8) is 0 Å². The van der Waals surface area contributed by atoms with Crippen LogP contribution in [0.2, 0.25) is 0 Å². The summed E-state index contributed by atoms with van der Waals surface area (Å²) in [6.07, 6.45) is 2.18. The summed E-state index contributed by atoms with van der Waals surface area (Å²) in [5.74, 6) is -1.08. The first kappa shape index (κ1) is 16.8. The fraction of sp³-hybridized carbons (Fsp3) is 0.308. The Balaban J connectivity index is 2.65. The van der Waals surface area contributed by atoms with Gasteiger partial charge in [-0.25, -0.2) is 9.59 Å². The second-order valence-corrected chi connectivity index (χ2v) is 5.20. The summed E-state index contributed by atoms with van der Waals surface area (Å²) in [5, 5.41) is 13.9. The van der Waals surface area contributed by atoms with Crippen LogP contribution in [0.15, 0.2) is 24.3 Å². The molecule has 0 radical (unpaired) electrons. The van der Waals surface area contributed by atoms with Crippen LogP contribution in [0.25, 0.3) is 0 Å². The van der Waals surface area contributed by atoms with Crippen molar-refractivity contribution in [2.75, 3.05) is 17.3 Å². The zero-order valence-corrected chi connectivity index (χ0v) is 12.3. The van der Waals surface area contributed by atoms with Crippen LogP contribution < -0.4 is 16.4 Å². The number of carbonyl (C=O) groups excluding carboxylic acids is 2. The van der Waals surface area contributed by atoms with E-state index in [9.17, 15) is 14.4 Å². The van der Waals surface area contributed by atoms with Crippen molar-refractivity contribution < 1.29 is 19.5 Å². The minimum Gasteiger partial charge on any atom is -0.480 e. The number of nitrogens with two attached hydrogens (primary N) is 1. The van der Waals surface area contributed by atoms with Crippen LogP contribution in [0.3, 0.4) is 0 Å². The number of nitrogens with one attached hydrogen (secondary N) is 2. The summed E-state index contributed by atoms with van der Waals surface area (Å²) < 4.78 is 0. The van der Waals surface area contributed by atoms with Gasteiger partial charge in [-0.1, -0.05) is 6.07 Å². The highest BCUT2D eigenvalue weighted by atomic mass is 32.2. The molecule has 0 aromatic heterocycles. The third-order valence-electron chi connectivity index (χ3n) is 2.62. The number of hydrogen-bond donors (Lipinski definition) is 4. The lowest BCUT2D eigenvalue weighted by molar-refractivity contribution is -0.139. The highest BCUT2D eigenvalue weighted by molar-refractivity contribution is 7.98. The molecule has 0 aliphatic rings. The molecule has 0 aliphatic heterocycles. The first-order valence-electron chi connectivity index (χ1n) is 6.13. The van der Waals surface area contributed by atoms with Crippen LogP contribution in [0, 0.1) is 0 Å². The Morgan fingerprint density at radius 3 is 2.67 bits per heavy atom. The maximum atomic E-state index is 11.8. The van der Waals surface area contributed by atoms with Gasteiger partial charge in [-0.15, -0.1) is 0 Å². The molecule has 8 heteroatoms. The number of hydrogen-bond acceptors (Lipinski definition) is 4. The van der Waals surface area contributed by atoms with Gasteiger partial charge < -0.3 is 21.5 Å². The molecule has 7 nitrogen and oxygen atoms in total. The summed E-state index contributed by atoms with van der Waals surface area (Å²) in [6, 6.07) is 4.47. The zero-order chi connectivity index (χ0) is 15.8. The average Bonchev–Trinajstić information content (AvgIpc) is 2.43. The molecule has 0 bridgehead atoms. The number of carboxylic acids is 1. The molecule has 1 aromatic rings. The highest BCUT2D eigenvalue weighted by Crippen LogP contribution is 2.10. The fourth-order valence-electron chi connectivity index (χ4n) is 1.57. The molecule has 21 heavy (non-hydrogen) atoms. The SMILES string of the molecule is CSCC[C@H](NC(=O)Nc1cccc(C(N)=O)c1)C(=O)O. The average molecular weight is 311 g/mol. The van der Waals surface area contributed by atoms with Gasteiger partial charge in [-0.3, -0.25) is 4.79 Å². The van der Waals surface area contributed by atoms with E-state index >= 15 is 0 Å². The quantitative estimate of drug-likeness (QED) is 0.601. The van der Waals surface area contributed by atoms with Gasteiger partial charge in [0.05, 0.1) is 0 Å². The third-order valence-corrected chi connectivity index (χ3v) is 3.26. The molecule has 1 atom stereocenters. The number of rotatable bonds is 7. The number of aliphatic carboxylic acids is 1. The second kappa shape index (κ2) is 8.15. The molecule has 5 N–H and O–H groups in total. The molecule has 0 fully saturated rings. The van der Waals surface area contributed by atoms with E-state index in [0.717, 1.165) is 0 Å². The van der Waals surface area contributed by atoms with E-state index < -0.39 is 23.9 Å². The van der Waals surface area contributed by atoms with Gasteiger partial charge in [0.15, 0.2) is 0 Å². The minimum atomic E-state index is -1.09. The molecule has 0 unspecified atom stereocenters. The molecule has 0 heterocycles. The Labute approximate surface area is 126 Å². The van der Waals surface area contributed by atoms with Crippen LogP contribution >= 0.6 is 11.8 Å². The summed E-state index contributed by atoms with van der Waals surface area (Å²) in [6.45, 7) is 0. The van der Waals surface area contributed by atoms with E-state index in [-0.39, 0.29) is 5.56 Å². The smallest absolute Gasteiger partial charge is 0.326 e. The number of primary amides is 1. The Morgan fingerprint density at radius 1 is 1.38 bits per heavy atom. The van der Waals surface area contributed by atoms with Gasteiger partial charge >= 0.3 is 12.0 Å². The Bertz CT molecular complexity index is 536. The molecule has 0 saturated carbocycles. The molecule has 114 valence electrons. The summed E-state index contributed by atoms with van der Waals surface area (Å²) in [4.78, 5) is 33.8. The van der Waals surface area contributed by atoms with Gasteiger partial charge in [0.1, 0.15) is 6.04 Å². The second-order valence-electron chi connectivity index (χ2n) is 4.22. The molecular formula is C13H17N3O4S. The molecule has 0 saturated heterocycles. The third kappa shape index (κ3) is 5.74. The normalized spacial score (nSPS) is 11.5. The van der Waals surface area contributed by atoms with E-state index in [4.69, 9.17) is 10.8 Å². The van der Waals surface area contributed by atoms with Crippen LogP contribution in [-0.2, 0) is 4.79 Å². The van der Waals surface area contributed by atoms with Crippen LogP contribution in [-0.4, -0.2) is 41.1 Å². The monoisotopic (exact) mass is 311 g/mol. The number of thioether (sulfide) groups is 1. The number of anilines is 1. The summed E-state index contributed by atoms with van der Waals surface area (Å²) in [5.41, 5.74) is 5.76. The van der Waals surface area contributed by atoms with Crippen molar-refractivity contribution in [3.05, 3.63) is 29.8 Å². The molecule has 1 aromatic carbocycles. The topological polar surface area (TPSA) is 122 Å². The largest absolute Gasteiger partial charge is 0.480 e. The minimum absolute atomic E-state index is 0.255. The van der Waals surface area contributed by atoms with Crippen molar-refractivity contribution in [1.82, 2.24) is 5.32 Å². The Hall–Kier alpha value is -2.22. The predicted molar refractivity (Wildman–Crippen MR) is 81.5 cm³/mol. The maximum absolute atomic E-state index is 11.8. The molecule has 3 amide bonds. The maximum Gasteiger partial charge on any atom is 0.326 e. The lowest BCUT2D eigenvalue weighted by Crippen LogP contribution is -2.43. The van der Waals surface area contributed by atoms with Gasteiger partial charge in [0.2, 0.25) is 5.91 Å². The van der Waals surface area contributed by atoms with Crippen molar-refractivity contribution in [2.45, 2.75) is 12.5 Å². The van der Waals surface area contributed by atoms with Crippen molar-refractivity contribution >= 4 is 35.4 Å². The van der Waals surface area contributed by atoms with Crippen LogP contribution in [0.4, 0.5) is 10.5 Å². The Morgan fingerprint density at radius 2 is 2.10 bits per heavy atom. The van der Waals surface area contributed by atoms with Crippen molar-refractivity contribution in [2.24, 2.45) is 5.73 Å². The van der Waals surface area contributed by atoms with E-state index in [1.54, 1.807) is 12.1 Å². The first-order chi connectivity index (χ1) is 9.93. The lowest BCUT2D eigenvalue weighted by atomic mass is 10.2. The van der Waals surface area contributed by atoms with Crippen molar-refractivity contribution in [3.8, 4) is 0 Å². The highest BCUT2D eigenvalue weighted by Gasteiger charge is 2.19. The van der Waals surface area contributed by atoms with Gasteiger partial charge in [-0.05, 0) is 36.6 Å². The van der Waals surface area contributed by atoms with E-state index in [1.807, 2.05) is 6.26 Å². The summed E-state index contributed by atoms with van der Waals surface area (Å²) >= 11 is 1.50. The van der Waals surface area contributed by atoms with Gasteiger partial charge in [-0.2, -0.15) is 11.8 Å². The number of benzene rings is 1.